The fourth-order valence-electron chi connectivity index (χ4n) is 4.88. The van der Waals surface area contributed by atoms with Gasteiger partial charge in [-0.15, -0.1) is 0 Å². The van der Waals surface area contributed by atoms with E-state index in [-0.39, 0.29) is 34.8 Å². The fourth-order valence-corrected chi connectivity index (χ4v) is 4.88. The molecule has 0 aliphatic carbocycles. The van der Waals surface area contributed by atoms with Crippen LogP contribution in [0.1, 0.15) is 45.7 Å². The van der Waals surface area contributed by atoms with Crippen molar-refractivity contribution in [2.45, 2.75) is 25.3 Å². The molecule has 1 atom stereocenters. The lowest BCUT2D eigenvalue weighted by Gasteiger charge is -2.35. The normalized spacial score (nSPS) is 15.0. The number of rotatable bonds is 6. The largest absolute Gasteiger partial charge is 0.507 e. The van der Waals surface area contributed by atoms with Gasteiger partial charge in [0.15, 0.2) is 11.6 Å². The van der Waals surface area contributed by atoms with Crippen molar-refractivity contribution in [2.75, 3.05) is 18.4 Å². The summed E-state index contributed by atoms with van der Waals surface area (Å²) in [6.45, 7) is 1.04. The molecule has 5 rings (SSSR count). The molecule has 0 radical (unpaired) electrons. The van der Waals surface area contributed by atoms with Crippen molar-refractivity contribution in [1.29, 1.82) is 5.26 Å². The Bertz CT molecular complexity index is 1560. The molecular formula is C30H27N5O4. The molecule has 4 aromatic rings. The molecule has 1 aliphatic rings. The molecule has 1 unspecified atom stereocenters. The third-order valence-corrected chi connectivity index (χ3v) is 6.87. The maximum absolute atomic E-state index is 13.5. The van der Waals surface area contributed by atoms with Gasteiger partial charge in [-0.25, -0.2) is 4.98 Å². The van der Waals surface area contributed by atoms with Crippen molar-refractivity contribution in [3.63, 3.8) is 0 Å². The van der Waals surface area contributed by atoms with E-state index in [0.717, 1.165) is 19.3 Å². The number of likely N-dealkylation sites (tertiary alicyclic amines) is 1. The standard InChI is InChI=1S/C30H27N5O4/c31-17-21-9-3-4-13-35(21)30(38)20-8-5-7-19(15-20)23-16-25(22-10-1-2-11-26(22)36)33-28(24(23)18-32)34-29(37)27-12-6-14-39-27/h1-2,5-8,10-12,14-16,21,36H,3-4,9,13,17,31H2,(H,33,34,37). The number of aromatic hydroxyl groups is 1. The number of hydrogen-bond acceptors (Lipinski definition) is 7. The molecule has 2 aromatic heterocycles. The fraction of sp³-hybridized carbons (Fsp3) is 0.200. The van der Waals surface area contributed by atoms with E-state index in [4.69, 9.17) is 10.2 Å². The number of para-hydroxylation sites is 1. The molecule has 1 fully saturated rings. The first kappa shape index (κ1) is 25.7. The summed E-state index contributed by atoms with van der Waals surface area (Å²) in [6.07, 6.45) is 4.20. The molecule has 1 aliphatic heterocycles. The Morgan fingerprint density at radius 1 is 1.10 bits per heavy atom. The smallest absolute Gasteiger partial charge is 0.292 e. The van der Waals surface area contributed by atoms with Crippen molar-refractivity contribution in [1.82, 2.24) is 9.88 Å². The number of piperidine rings is 1. The average molecular weight is 522 g/mol. The van der Waals surface area contributed by atoms with E-state index in [0.29, 0.717) is 41.0 Å². The van der Waals surface area contributed by atoms with Gasteiger partial charge in [0.2, 0.25) is 0 Å². The van der Waals surface area contributed by atoms with E-state index in [2.05, 4.69) is 16.4 Å². The summed E-state index contributed by atoms with van der Waals surface area (Å²) in [4.78, 5) is 32.6. The quantitative estimate of drug-likeness (QED) is 0.331. The summed E-state index contributed by atoms with van der Waals surface area (Å²) in [5.74, 6) is -0.645. The number of anilines is 1. The SMILES string of the molecule is N#Cc1c(-c2cccc(C(=O)N3CCCCC3CN)c2)cc(-c2ccccc2O)nc1NC(=O)c1ccco1. The van der Waals surface area contributed by atoms with Crippen LogP contribution in [0.15, 0.2) is 77.4 Å². The van der Waals surface area contributed by atoms with Gasteiger partial charge in [0.1, 0.15) is 17.4 Å². The zero-order valence-electron chi connectivity index (χ0n) is 21.1. The van der Waals surface area contributed by atoms with Crippen LogP contribution in [0.3, 0.4) is 0 Å². The zero-order chi connectivity index (χ0) is 27.4. The number of nitrogens with two attached hydrogens (primary N) is 1. The third kappa shape index (κ3) is 5.23. The van der Waals surface area contributed by atoms with Crippen molar-refractivity contribution >= 4 is 17.6 Å². The van der Waals surface area contributed by atoms with Gasteiger partial charge in [0, 0.05) is 35.8 Å². The van der Waals surface area contributed by atoms with Gasteiger partial charge in [-0.1, -0.05) is 24.3 Å². The van der Waals surface area contributed by atoms with Crippen molar-refractivity contribution < 1.29 is 19.1 Å². The highest BCUT2D eigenvalue weighted by atomic mass is 16.3. The lowest BCUT2D eigenvalue weighted by Crippen LogP contribution is -2.47. The number of carbonyl (C=O) groups is 2. The highest BCUT2D eigenvalue weighted by Gasteiger charge is 2.27. The zero-order valence-corrected chi connectivity index (χ0v) is 21.1. The van der Waals surface area contributed by atoms with Crippen LogP contribution in [0, 0.1) is 11.3 Å². The lowest BCUT2D eigenvalue weighted by atomic mass is 9.95. The number of furan rings is 1. The summed E-state index contributed by atoms with van der Waals surface area (Å²) < 4.78 is 5.19. The van der Waals surface area contributed by atoms with E-state index < -0.39 is 5.91 Å². The number of nitrogens with zero attached hydrogens (tertiary/aromatic N) is 3. The molecule has 0 bridgehead atoms. The Kier molecular flexibility index (Phi) is 7.39. The molecule has 1 saturated heterocycles. The summed E-state index contributed by atoms with van der Waals surface area (Å²) >= 11 is 0. The number of amides is 2. The van der Waals surface area contributed by atoms with Crippen molar-refractivity contribution in [3.05, 3.63) is 89.9 Å². The molecule has 0 spiro atoms. The minimum Gasteiger partial charge on any atom is -0.507 e. The number of aromatic nitrogens is 1. The number of phenols is 1. The maximum atomic E-state index is 13.5. The first-order valence-electron chi connectivity index (χ1n) is 12.7. The van der Waals surface area contributed by atoms with Crippen LogP contribution in [0.25, 0.3) is 22.4 Å². The monoisotopic (exact) mass is 521 g/mol. The minimum absolute atomic E-state index is 0.00519. The lowest BCUT2D eigenvalue weighted by molar-refractivity contribution is 0.0623. The Balaban J connectivity index is 1.62. The Labute approximate surface area is 225 Å². The van der Waals surface area contributed by atoms with E-state index in [1.54, 1.807) is 54.6 Å². The predicted octanol–water partition coefficient (Wildman–Crippen LogP) is 4.79. The minimum atomic E-state index is -0.578. The summed E-state index contributed by atoms with van der Waals surface area (Å²) in [7, 11) is 0. The topological polar surface area (TPSA) is 145 Å². The second kappa shape index (κ2) is 11.2. The van der Waals surface area contributed by atoms with Crippen molar-refractivity contribution in [2.24, 2.45) is 5.73 Å². The van der Waals surface area contributed by atoms with Crippen molar-refractivity contribution in [3.8, 4) is 34.2 Å². The highest BCUT2D eigenvalue weighted by molar-refractivity contribution is 6.03. The van der Waals surface area contributed by atoms with Crippen LogP contribution in [-0.2, 0) is 0 Å². The third-order valence-electron chi connectivity index (χ3n) is 6.87. The van der Waals surface area contributed by atoms with Gasteiger partial charge >= 0.3 is 0 Å². The number of phenolic OH excluding ortho intramolecular Hbond substituents is 1. The van der Waals surface area contributed by atoms with E-state index in [9.17, 15) is 20.0 Å². The van der Waals surface area contributed by atoms with Crippen LogP contribution in [0.5, 0.6) is 5.75 Å². The molecule has 9 nitrogen and oxygen atoms in total. The number of hydrogen-bond donors (Lipinski definition) is 3. The van der Waals surface area contributed by atoms with Crippen LogP contribution >= 0.6 is 0 Å². The van der Waals surface area contributed by atoms with Gasteiger partial charge in [-0.2, -0.15) is 5.26 Å². The summed E-state index contributed by atoms with van der Waals surface area (Å²) in [6, 6.07) is 20.6. The average Bonchev–Trinajstić information content (AvgIpc) is 3.52. The molecule has 2 aromatic carbocycles. The first-order chi connectivity index (χ1) is 19.0. The number of benzene rings is 2. The number of nitrogens with one attached hydrogen (secondary N) is 1. The molecule has 196 valence electrons. The Morgan fingerprint density at radius 2 is 1.95 bits per heavy atom. The van der Waals surface area contributed by atoms with Gasteiger partial charge in [-0.05, 0) is 67.3 Å². The van der Waals surface area contributed by atoms with Gasteiger partial charge in [0.25, 0.3) is 11.8 Å². The van der Waals surface area contributed by atoms with Crippen LogP contribution in [-0.4, -0.2) is 45.9 Å². The first-order valence-corrected chi connectivity index (χ1v) is 12.7. The number of pyridine rings is 1. The summed E-state index contributed by atoms with van der Waals surface area (Å²) in [5.41, 5.74) is 8.32. The van der Waals surface area contributed by atoms with E-state index in [1.165, 1.54) is 18.4 Å². The summed E-state index contributed by atoms with van der Waals surface area (Å²) in [5, 5.41) is 23.4. The van der Waals surface area contributed by atoms with Crippen LogP contribution in [0.4, 0.5) is 5.82 Å². The Morgan fingerprint density at radius 3 is 2.69 bits per heavy atom. The second-order valence-electron chi connectivity index (χ2n) is 9.30. The van der Waals surface area contributed by atoms with E-state index in [1.807, 2.05) is 4.90 Å². The van der Waals surface area contributed by atoms with Gasteiger partial charge < -0.3 is 25.5 Å². The van der Waals surface area contributed by atoms with Gasteiger partial charge in [0.05, 0.1) is 12.0 Å². The van der Waals surface area contributed by atoms with E-state index >= 15 is 0 Å². The van der Waals surface area contributed by atoms with Crippen LogP contribution in [0.2, 0.25) is 0 Å². The molecule has 9 heteroatoms. The van der Waals surface area contributed by atoms with Crippen LogP contribution < -0.4 is 11.1 Å². The molecule has 4 N–H and O–H groups in total. The Hall–Kier alpha value is -4.94. The molecular weight excluding hydrogens is 494 g/mol. The second-order valence-corrected chi connectivity index (χ2v) is 9.30. The molecule has 0 saturated carbocycles. The number of carbonyl (C=O) groups excluding carboxylic acids is 2. The van der Waals surface area contributed by atoms with Gasteiger partial charge in [-0.3, -0.25) is 9.59 Å². The molecule has 2 amide bonds. The molecule has 3 heterocycles. The highest BCUT2D eigenvalue weighted by Crippen LogP contribution is 2.36. The number of nitriles is 1. The molecule has 39 heavy (non-hydrogen) atoms. The maximum Gasteiger partial charge on any atom is 0.292 e. The predicted molar refractivity (Wildman–Crippen MR) is 146 cm³/mol.